The monoisotopic (exact) mass is 411 g/mol. The van der Waals surface area contributed by atoms with E-state index in [1.165, 1.54) is 12.5 Å². The molecule has 0 unspecified atom stereocenters. The first-order valence-electron chi connectivity index (χ1n) is 10.5. The lowest BCUT2D eigenvalue weighted by molar-refractivity contribution is -0.310. The second kappa shape index (κ2) is 13.3. The van der Waals surface area contributed by atoms with Crippen molar-refractivity contribution in [2.45, 2.75) is 71.3 Å². The van der Waals surface area contributed by atoms with Crippen LogP contribution >= 0.6 is 0 Å². The van der Waals surface area contributed by atoms with E-state index in [2.05, 4.69) is 11.9 Å². The van der Waals surface area contributed by atoms with Crippen LogP contribution in [0.25, 0.3) is 0 Å². The molecule has 1 fully saturated rings. The fourth-order valence-corrected chi connectivity index (χ4v) is 3.62. The Balaban J connectivity index is 2.49. The fraction of sp³-hybridized carbons (Fsp3) is 0.762. The van der Waals surface area contributed by atoms with E-state index in [9.17, 15) is 19.6 Å². The molecule has 0 aromatic rings. The number of carbonyl (C=O) groups is 3. The van der Waals surface area contributed by atoms with Gasteiger partial charge in [0, 0.05) is 38.4 Å². The van der Waals surface area contributed by atoms with Crippen molar-refractivity contribution in [3.63, 3.8) is 0 Å². The summed E-state index contributed by atoms with van der Waals surface area (Å²) in [5.41, 5.74) is 0. The second-order valence-electron chi connectivity index (χ2n) is 8.12. The predicted octanol–water partition coefficient (Wildman–Crippen LogP) is 2.67. The maximum absolute atomic E-state index is 12.6. The molecule has 1 saturated carbocycles. The van der Waals surface area contributed by atoms with Crippen LogP contribution in [-0.4, -0.2) is 59.3 Å². The molecular formula is C21H37N3O5. The lowest BCUT2D eigenvalue weighted by Gasteiger charge is -2.31. The third kappa shape index (κ3) is 9.41. The minimum Gasteiger partial charge on any atom is -0.355 e. The van der Waals surface area contributed by atoms with E-state index in [0.29, 0.717) is 12.5 Å². The van der Waals surface area contributed by atoms with Gasteiger partial charge in [-0.15, -0.1) is 6.58 Å². The van der Waals surface area contributed by atoms with Gasteiger partial charge in [-0.25, -0.2) is 4.84 Å². The molecule has 1 rings (SSSR count). The summed E-state index contributed by atoms with van der Waals surface area (Å²) in [7, 11) is 1.83. The van der Waals surface area contributed by atoms with Crippen molar-refractivity contribution >= 4 is 17.7 Å². The summed E-state index contributed by atoms with van der Waals surface area (Å²) >= 11 is 0. The summed E-state index contributed by atoms with van der Waals surface area (Å²) in [6.07, 6.45) is 7.57. The Morgan fingerprint density at radius 1 is 1.21 bits per heavy atom. The summed E-state index contributed by atoms with van der Waals surface area (Å²) in [6, 6.07) is 0.296. The lowest BCUT2D eigenvalue weighted by Crippen LogP contribution is -2.41. The first kappa shape index (κ1) is 25.1. The van der Waals surface area contributed by atoms with Crippen LogP contribution < -0.4 is 5.32 Å². The zero-order chi connectivity index (χ0) is 21.8. The van der Waals surface area contributed by atoms with Gasteiger partial charge in [-0.2, -0.15) is 0 Å². The maximum atomic E-state index is 12.6. The zero-order valence-electron chi connectivity index (χ0n) is 18.1. The number of hydrogen-bond donors (Lipinski definition) is 2. The van der Waals surface area contributed by atoms with Crippen molar-refractivity contribution in [2.75, 3.05) is 20.2 Å². The molecule has 0 radical (unpaired) electrons. The largest absolute Gasteiger partial charge is 0.355 e. The van der Waals surface area contributed by atoms with Gasteiger partial charge < -0.3 is 10.2 Å². The predicted molar refractivity (Wildman–Crippen MR) is 110 cm³/mol. The molecule has 0 aliphatic heterocycles. The van der Waals surface area contributed by atoms with Gasteiger partial charge in [0.1, 0.15) is 0 Å². The highest BCUT2D eigenvalue weighted by Crippen LogP contribution is 2.22. The van der Waals surface area contributed by atoms with Crippen LogP contribution in [0.4, 0.5) is 0 Å². The molecule has 29 heavy (non-hydrogen) atoms. The van der Waals surface area contributed by atoms with Crippen LogP contribution in [0.15, 0.2) is 12.7 Å². The Hall–Kier alpha value is -1.93. The van der Waals surface area contributed by atoms with Gasteiger partial charge in [0.2, 0.25) is 11.8 Å². The van der Waals surface area contributed by atoms with Gasteiger partial charge in [-0.3, -0.25) is 19.6 Å². The summed E-state index contributed by atoms with van der Waals surface area (Å²) in [5.74, 6) is -1.37. The third-order valence-electron chi connectivity index (χ3n) is 5.23. The molecule has 1 aliphatic carbocycles. The molecule has 1 aliphatic rings. The Morgan fingerprint density at radius 2 is 1.86 bits per heavy atom. The summed E-state index contributed by atoms with van der Waals surface area (Å²) in [6.45, 7) is 7.57. The molecule has 0 spiro atoms. The van der Waals surface area contributed by atoms with E-state index >= 15 is 0 Å². The van der Waals surface area contributed by atoms with Crippen molar-refractivity contribution in [2.24, 2.45) is 11.8 Å². The van der Waals surface area contributed by atoms with E-state index in [0.717, 1.165) is 25.7 Å². The molecule has 8 heteroatoms. The van der Waals surface area contributed by atoms with E-state index in [-0.39, 0.29) is 49.0 Å². The normalized spacial score (nSPS) is 15.6. The quantitative estimate of drug-likeness (QED) is 0.292. The summed E-state index contributed by atoms with van der Waals surface area (Å²) in [5, 5.41) is 12.5. The first-order chi connectivity index (χ1) is 13.8. The van der Waals surface area contributed by atoms with Crippen molar-refractivity contribution in [1.29, 1.82) is 0 Å². The number of hydroxylamine groups is 2. The van der Waals surface area contributed by atoms with Crippen LogP contribution in [0, 0.1) is 11.8 Å². The van der Waals surface area contributed by atoms with Gasteiger partial charge in [0.25, 0.3) is 5.91 Å². The van der Waals surface area contributed by atoms with Crippen LogP contribution in [0.1, 0.15) is 65.2 Å². The van der Waals surface area contributed by atoms with Crippen molar-refractivity contribution in [3.8, 4) is 0 Å². The van der Waals surface area contributed by atoms with Crippen molar-refractivity contribution < 1.29 is 24.4 Å². The highest BCUT2D eigenvalue weighted by molar-refractivity contribution is 5.85. The zero-order valence-corrected chi connectivity index (χ0v) is 18.1. The Labute approximate surface area is 174 Å². The number of amides is 3. The van der Waals surface area contributed by atoms with Gasteiger partial charge in [-0.1, -0.05) is 44.4 Å². The second-order valence-corrected chi connectivity index (χ2v) is 8.12. The molecule has 0 aromatic heterocycles. The highest BCUT2D eigenvalue weighted by Gasteiger charge is 2.26. The number of carbonyl (C=O) groups excluding carboxylic acids is 3. The van der Waals surface area contributed by atoms with Gasteiger partial charge in [0.05, 0.1) is 6.61 Å². The molecule has 8 nitrogen and oxygen atoms in total. The smallest absolute Gasteiger partial charge is 0.274 e. The molecule has 166 valence electrons. The van der Waals surface area contributed by atoms with Crippen LogP contribution in [0.3, 0.4) is 0 Å². The molecule has 0 saturated heterocycles. The van der Waals surface area contributed by atoms with Crippen molar-refractivity contribution in [3.05, 3.63) is 12.7 Å². The van der Waals surface area contributed by atoms with Gasteiger partial charge in [0.15, 0.2) is 0 Å². The molecule has 2 N–H and O–H groups in total. The Bertz CT molecular complexity index is 546. The fourth-order valence-electron chi connectivity index (χ4n) is 3.62. The third-order valence-corrected chi connectivity index (χ3v) is 5.23. The topological polar surface area (TPSA) is 99.2 Å². The number of hydrogen-bond acceptors (Lipinski definition) is 5. The summed E-state index contributed by atoms with van der Waals surface area (Å²) < 4.78 is 0. The number of nitrogens with zero attached hydrogens (tertiary/aromatic N) is 2. The molecule has 0 heterocycles. The maximum Gasteiger partial charge on any atom is 0.274 e. The van der Waals surface area contributed by atoms with Gasteiger partial charge in [-0.05, 0) is 25.2 Å². The minimum atomic E-state index is -0.694. The van der Waals surface area contributed by atoms with E-state index in [1.807, 2.05) is 20.9 Å². The van der Waals surface area contributed by atoms with E-state index in [4.69, 9.17) is 4.84 Å². The van der Waals surface area contributed by atoms with Gasteiger partial charge >= 0.3 is 0 Å². The van der Waals surface area contributed by atoms with E-state index < -0.39 is 11.8 Å². The average molecular weight is 412 g/mol. The van der Waals surface area contributed by atoms with Crippen molar-refractivity contribution in [1.82, 2.24) is 15.4 Å². The Morgan fingerprint density at radius 3 is 2.45 bits per heavy atom. The standard InChI is InChI=1S/C21H37N3O5/c1-5-13-29-24(28)20(26)15-17(14-16(2)3)21(27)22-12-11-19(25)23(4)18-9-7-6-8-10-18/h5,16-18,28H,1,6-15H2,2-4H3,(H,22,27)/t17-/m1/s1. The minimum absolute atomic E-state index is 0.0140. The number of rotatable bonds is 12. The number of nitrogens with one attached hydrogen (secondary N) is 1. The molecule has 3 amide bonds. The molecule has 0 aromatic carbocycles. The van der Waals surface area contributed by atoms with Crippen LogP contribution in [-0.2, 0) is 19.2 Å². The molecule has 1 atom stereocenters. The average Bonchev–Trinajstić information content (AvgIpc) is 2.70. The molecular weight excluding hydrogens is 374 g/mol. The highest BCUT2D eigenvalue weighted by atomic mass is 16.9. The SMILES string of the molecule is C=CCON(O)C(=O)C[C@@H](CC(C)C)C(=O)NCCC(=O)N(C)C1CCCCC1. The van der Waals surface area contributed by atoms with Crippen LogP contribution in [0.2, 0.25) is 0 Å². The van der Waals surface area contributed by atoms with Crippen LogP contribution in [0.5, 0.6) is 0 Å². The van der Waals surface area contributed by atoms with E-state index in [1.54, 1.807) is 4.90 Å². The first-order valence-corrected chi connectivity index (χ1v) is 10.5. The molecule has 0 bridgehead atoms. The summed E-state index contributed by atoms with van der Waals surface area (Å²) in [4.78, 5) is 43.6. The Kier molecular flexibility index (Phi) is 11.5. The lowest BCUT2D eigenvalue weighted by atomic mass is 9.93.